The molecule has 112 valence electrons. The van der Waals surface area contributed by atoms with E-state index in [1.807, 2.05) is 6.07 Å². The molecule has 1 aromatic rings. The third kappa shape index (κ3) is 5.46. The molecule has 1 heterocycles. The Kier molecular flexibility index (Phi) is 6.63. The molecular formula is C13H16N4O4. The average Bonchev–Trinajstić information content (AvgIpc) is 2.47. The van der Waals surface area contributed by atoms with E-state index in [0.717, 1.165) is 0 Å². The van der Waals surface area contributed by atoms with E-state index < -0.39 is 12.0 Å². The topological polar surface area (TPSA) is 116 Å². The van der Waals surface area contributed by atoms with Crippen LogP contribution in [0.1, 0.15) is 16.9 Å². The number of amides is 2. The van der Waals surface area contributed by atoms with Crippen LogP contribution in [-0.2, 0) is 4.74 Å². The number of methoxy groups -OCH3 is 1. The monoisotopic (exact) mass is 292 g/mol. The highest BCUT2D eigenvalue weighted by atomic mass is 16.5. The van der Waals surface area contributed by atoms with Crippen LogP contribution in [0.5, 0.6) is 0 Å². The summed E-state index contributed by atoms with van der Waals surface area (Å²) in [5.74, 6) is -1.14. The molecule has 0 atom stereocenters. The fourth-order valence-electron chi connectivity index (χ4n) is 1.50. The van der Waals surface area contributed by atoms with Gasteiger partial charge in [0.25, 0.3) is 0 Å². The van der Waals surface area contributed by atoms with Gasteiger partial charge in [0, 0.05) is 20.2 Å². The summed E-state index contributed by atoms with van der Waals surface area (Å²) in [6.45, 7) is 0.992. The van der Waals surface area contributed by atoms with Crippen molar-refractivity contribution in [2.45, 2.75) is 6.42 Å². The van der Waals surface area contributed by atoms with Gasteiger partial charge in [-0.2, -0.15) is 5.26 Å². The van der Waals surface area contributed by atoms with Crippen molar-refractivity contribution < 1.29 is 19.4 Å². The second-order valence-corrected chi connectivity index (χ2v) is 4.06. The lowest BCUT2D eigenvalue weighted by atomic mass is 10.3. The van der Waals surface area contributed by atoms with Gasteiger partial charge in [-0.05, 0) is 12.1 Å². The Morgan fingerprint density at radius 3 is 2.76 bits per heavy atom. The van der Waals surface area contributed by atoms with Gasteiger partial charge in [-0.3, -0.25) is 0 Å². The second-order valence-electron chi connectivity index (χ2n) is 4.06. The molecule has 0 saturated heterocycles. The number of nitrogens with one attached hydrogen (secondary N) is 1. The number of pyridine rings is 1. The summed E-state index contributed by atoms with van der Waals surface area (Å²) < 4.78 is 4.91. The summed E-state index contributed by atoms with van der Waals surface area (Å²) in [4.78, 5) is 27.9. The van der Waals surface area contributed by atoms with Crippen molar-refractivity contribution in [3.8, 4) is 6.07 Å². The highest BCUT2D eigenvalue weighted by molar-refractivity contribution is 5.90. The molecule has 0 radical (unpaired) electrons. The first-order chi connectivity index (χ1) is 10.1. The molecule has 0 aliphatic carbocycles. The van der Waals surface area contributed by atoms with Gasteiger partial charge in [0.2, 0.25) is 0 Å². The third-order valence-electron chi connectivity index (χ3n) is 2.58. The maximum atomic E-state index is 12.0. The highest BCUT2D eigenvalue weighted by Crippen LogP contribution is 2.08. The zero-order valence-corrected chi connectivity index (χ0v) is 11.6. The van der Waals surface area contributed by atoms with Crippen molar-refractivity contribution in [1.82, 2.24) is 9.88 Å². The number of nitriles is 1. The average molecular weight is 292 g/mol. The summed E-state index contributed by atoms with van der Waals surface area (Å²) in [7, 11) is 1.52. The first-order valence-electron chi connectivity index (χ1n) is 6.19. The summed E-state index contributed by atoms with van der Waals surface area (Å²) in [5.41, 5.74) is 0.276. The molecule has 8 nitrogen and oxygen atoms in total. The quantitative estimate of drug-likeness (QED) is 0.779. The van der Waals surface area contributed by atoms with Crippen molar-refractivity contribution >= 4 is 17.7 Å². The standard InChI is InChI=1S/C13H16N4O4/c1-21-8-7-17(6-2-5-14)13(20)16-10-3-4-11(12(18)19)15-9-10/h3-4,9H,2,6-8H2,1H3,(H,16,20)(H,18,19). The lowest BCUT2D eigenvalue weighted by molar-refractivity contribution is 0.0690. The van der Waals surface area contributed by atoms with Crippen LogP contribution >= 0.6 is 0 Å². The number of urea groups is 1. The van der Waals surface area contributed by atoms with Gasteiger partial charge in [0.15, 0.2) is 0 Å². The summed E-state index contributed by atoms with van der Waals surface area (Å²) in [6, 6.07) is 4.33. The summed E-state index contributed by atoms with van der Waals surface area (Å²) in [6.07, 6.45) is 1.48. The Bertz CT molecular complexity index is 524. The van der Waals surface area contributed by atoms with Crippen molar-refractivity contribution in [2.24, 2.45) is 0 Å². The number of carboxylic acids is 1. The first-order valence-corrected chi connectivity index (χ1v) is 6.19. The molecule has 0 fully saturated rings. The molecule has 0 saturated carbocycles. The lowest BCUT2D eigenvalue weighted by Gasteiger charge is -2.21. The molecule has 8 heteroatoms. The number of carbonyl (C=O) groups is 2. The minimum absolute atomic E-state index is 0.103. The van der Waals surface area contributed by atoms with E-state index in [0.29, 0.717) is 18.8 Å². The van der Waals surface area contributed by atoms with Gasteiger partial charge in [-0.25, -0.2) is 14.6 Å². The van der Waals surface area contributed by atoms with Crippen molar-refractivity contribution in [3.63, 3.8) is 0 Å². The number of carbonyl (C=O) groups excluding carboxylic acids is 1. The number of aromatic carboxylic acids is 1. The molecule has 2 N–H and O–H groups in total. The molecule has 0 bridgehead atoms. The zero-order valence-electron chi connectivity index (χ0n) is 11.6. The van der Waals surface area contributed by atoms with Crippen molar-refractivity contribution in [1.29, 1.82) is 5.26 Å². The maximum absolute atomic E-state index is 12.0. The first kappa shape index (κ1) is 16.4. The maximum Gasteiger partial charge on any atom is 0.354 e. The molecule has 2 amide bonds. The minimum atomic E-state index is -1.14. The predicted octanol–water partition coefficient (Wildman–Crippen LogP) is 1.17. The number of nitrogens with zero attached hydrogens (tertiary/aromatic N) is 3. The number of hydrogen-bond donors (Lipinski definition) is 2. The highest BCUT2D eigenvalue weighted by Gasteiger charge is 2.13. The molecular weight excluding hydrogens is 276 g/mol. The van der Waals surface area contributed by atoms with Gasteiger partial charge in [-0.15, -0.1) is 0 Å². The smallest absolute Gasteiger partial charge is 0.354 e. The van der Waals surface area contributed by atoms with Gasteiger partial charge < -0.3 is 20.1 Å². The van der Waals surface area contributed by atoms with Gasteiger partial charge in [0.05, 0.1) is 31.0 Å². The number of carboxylic acid groups (broad SMARTS) is 1. The van der Waals surface area contributed by atoms with E-state index >= 15 is 0 Å². The van der Waals surface area contributed by atoms with Crippen LogP contribution < -0.4 is 5.32 Å². The number of ether oxygens (including phenoxy) is 1. The summed E-state index contributed by atoms with van der Waals surface area (Å²) in [5, 5.41) is 19.9. The van der Waals surface area contributed by atoms with Crippen molar-refractivity contribution in [2.75, 3.05) is 32.1 Å². The minimum Gasteiger partial charge on any atom is -0.477 e. The molecule has 0 unspecified atom stereocenters. The Labute approximate surface area is 122 Å². The van der Waals surface area contributed by atoms with E-state index in [2.05, 4.69) is 10.3 Å². The molecule has 1 rings (SSSR count). The van der Waals surface area contributed by atoms with E-state index in [9.17, 15) is 9.59 Å². The van der Waals surface area contributed by atoms with Crippen LogP contribution in [0.15, 0.2) is 18.3 Å². The Hall–Kier alpha value is -2.66. The van der Waals surface area contributed by atoms with E-state index in [4.69, 9.17) is 15.1 Å². The van der Waals surface area contributed by atoms with Crippen LogP contribution in [0.2, 0.25) is 0 Å². The van der Waals surface area contributed by atoms with Gasteiger partial charge in [-0.1, -0.05) is 0 Å². The van der Waals surface area contributed by atoms with Crippen LogP contribution in [0.4, 0.5) is 10.5 Å². The normalized spacial score (nSPS) is 9.71. The van der Waals surface area contributed by atoms with Gasteiger partial charge >= 0.3 is 12.0 Å². The Balaban J connectivity index is 2.66. The van der Waals surface area contributed by atoms with Crippen LogP contribution in [0, 0.1) is 11.3 Å². The fourth-order valence-corrected chi connectivity index (χ4v) is 1.50. The number of hydrogen-bond acceptors (Lipinski definition) is 5. The third-order valence-corrected chi connectivity index (χ3v) is 2.58. The fraction of sp³-hybridized carbons (Fsp3) is 0.385. The summed E-state index contributed by atoms with van der Waals surface area (Å²) >= 11 is 0. The van der Waals surface area contributed by atoms with E-state index in [-0.39, 0.29) is 18.7 Å². The van der Waals surface area contributed by atoms with Crippen LogP contribution in [-0.4, -0.2) is 53.8 Å². The molecule has 0 aromatic carbocycles. The molecule has 0 spiro atoms. The predicted molar refractivity (Wildman–Crippen MR) is 73.9 cm³/mol. The van der Waals surface area contributed by atoms with Crippen LogP contribution in [0.3, 0.4) is 0 Å². The molecule has 1 aromatic heterocycles. The van der Waals surface area contributed by atoms with Crippen LogP contribution in [0.25, 0.3) is 0 Å². The zero-order chi connectivity index (χ0) is 15.7. The second kappa shape index (κ2) is 8.50. The van der Waals surface area contributed by atoms with E-state index in [1.165, 1.54) is 30.3 Å². The van der Waals surface area contributed by atoms with Crippen molar-refractivity contribution in [3.05, 3.63) is 24.0 Å². The largest absolute Gasteiger partial charge is 0.477 e. The molecule has 21 heavy (non-hydrogen) atoms. The Morgan fingerprint density at radius 1 is 1.48 bits per heavy atom. The molecule has 0 aliphatic heterocycles. The van der Waals surface area contributed by atoms with Gasteiger partial charge in [0.1, 0.15) is 5.69 Å². The number of anilines is 1. The lowest BCUT2D eigenvalue weighted by Crippen LogP contribution is -2.38. The Morgan fingerprint density at radius 2 is 2.24 bits per heavy atom. The van der Waals surface area contributed by atoms with E-state index in [1.54, 1.807) is 0 Å². The number of rotatable bonds is 7. The SMILES string of the molecule is COCCN(CCC#N)C(=O)Nc1ccc(C(=O)O)nc1. The number of aromatic nitrogens is 1. The molecule has 0 aliphatic rings.